The van der Waals surface area contributed by atoms with Crippen LogP contribution in [0, 0.1) is 0 Å². The van der Waals surface area contributed by atoms with E-state index in [0.717, 1.165) is 27.7 Å². The summed E-state index contributed by atoms with van der Waals surface area (Å²) >= 11 is 13.1. The molecule has 0 bridgehead atoms. The van der Waals surface area contributed by atoms with Crippen LogP contribution in [0.2, 0.25) is 10.0 Å². The fourth-order valence-electron chi connectivity index (χ4n) is 4.66. The molecule has 3 heterocycles. The Morgan fingerprint density at radius 2 is 1.85 bits per heavy atom. The Hall–Kier alpha value is -2.67. The summed E-state index contributed by atoms with van der Waals surface area (Å²) in [5.74, 6) is -0.0710. The van der Waals surface area contributed by atoms with Gasteiger partial charge in [-0.15, -0.1) is 0 Å². The second-order valence-corrected chi connectivity index (χ2v) is 10.1. The first kappa shape index (κ1) is 30.3. The van der Waals surface area contributed by atoms with Gasteiger partial charge in [-0.05, 0) is 12.1 Å². The van der Waals surface area contributed by atoms with Gasteiger partial charge in [-0.1, -0.05) is 30.1 Å². The number of nitrogens with one attached hydrogen (secondary N) is 2. The third-order valence-electron chi connectivity index (χ3n) is 6.59. The van der Waals surface area contributed by atoms with Crippen molar-refractivity contribution in [3.05, 3.63) is 39.6 Å². The van der Waals surface area contributed by atoms with Crippen LogP contribution in [0.15, 0.2) is 18.3 Å². The summed E-state index contributed by atoms with van der Waals surface area (Å²) in [6, 6.07) is 3.63. The summed E-state index contributed by atoms with van der Waals surface area (Å²) in [5, 5.41) is 9.21. The Balaban J connectivity index is 1.33. The van der Waals surface area contributed by atoms with Crippen molar-refractivity contribution in [1.82, 2.24) is 25.0 Å². The van der Waals surface area contributed by atoms with Gasteiger partial charge in [-0.3, -0.25) is 14.3 Å². The smallest absolute Gasteiger partial charge is 0.241 e. The average Bonchev–Trinajstić information content (AvgIpc) is 3.58. The summed E-state index contributed by atoms with van der Waals surface area (Å²) in [5.41, 5.74) is 9.61. The standard InChI is InChI=1S/C27H36Cl2N6O5/c1-2-24(37)34-7-3-21-19(16-34)25-18(15-20(28)26(29)27(25)32-21)22-4-8-35(33-22)17-23(36)31-6-10-39-12-14-40-13-11-38-9-5-30/h4,8,15,32H,2-3,5-7,9-14,16-17,30H2,1H3,(H,31,36). The van der Waals surface area contributed by atoms with E-state index in [9.17, 15) is 9.59 Å². The van der Waals surface area contributed by atoms with Crippen molar-refractivity contribution in [3.63, 3.8) is 0 Å². The molecule has 13 heteroatoms. The molecule has 2 aromatic heterocycles. The van der Waals surface area contributed by atoms with Crippen LogP contribution in [0.1, 0.15) is 24.6 Å². The van der Waals surface area contributed by atoms with Crippen LogP contribution in [-0.4, -0.2) is 90.8 Å². The topological polar surface area (TPSA) is 137 Å². The van der Waals surface area contributed by atoms with Crippen molar-refractivity contribution in [2.24, 2.45) is 5.73 Å². The van der Waals surface area contributed by atoms with Gasteiger partial charge in [0.05, 0.1) is 60.9 Å². The summed E-state index contributed by atoms with van der Waals surface area (Å²) < 4.78 is 17.7. The summed E-state index contributed by atoms with van der Waals surface area (Å²) in [6.07, 6.45) is 2.91. The second-order valence-electron chi connectivity index (χ2n) is 9.35. The number of rotatable bonds is 15. The van der Waals surface area contributed by atoms with Crippen molar-refractivity contribution in [1.29, 1.82) is 0 Å². The number of nitrogens with two attached hydrogens (primary N) is 1. The lowest BCUT2D eigenvalue weighted by Crippen LogP contribution is -2.35. The minimum absolute atomic E-state index is 0.0560. The molecule has 0 fully saturated rings. The number of hydrogen-bond acceptors (Lipinski definition) is 7. The Kier molecular flexibility index (Phi) is 11.2. The molecule has 40 heavy (non-hydrogen) atoms. The lowest BCUT2D eigenvalue weighted by Gasteiger charge is -2.27. The first-order chi connectivity index (χ1) is 19.4. The highest BCUT2D eigenvalue weighted by Crippen LogP contribution is 2.41. The maximum Gasteiger partial charge on any atom is 0.241 e. The predicted octanol–water partition coefficient (Wildman–Crippen LogP) is 2.76. The number of H-pyrrole nitrogens is 1. The SMILES string of the molecule is CCC(=O)N1CCc2[nH]c3c(Cl)c(Cl)cc(-c4ccn(CC(=O)NCCOCCOCCOCCN)n4)c3c2C1. The van der Waals surface area contributed by atoms with E-state index < -0.39 is 0 Å². The van der Waals surface area contributed by atoms with Crippen molar-refractivity contribution in [2.45, 2.75) is 32.9 Å². The third-order valence-corrected chi connectivity index (χ3v) is 7.38. The van der Waals surface area contributed by atoms with E-state index >= 15 is 0 Å². The number of fused-ring (bicyclic) bond motifs is 3. The molecule has 0 saturated carbocycles. The predicted molar refractivity (Wildman–Crippen MR) is 153 cm³/mol. The molecule has 0 unspecified atom stereocenters. The second kappa shape index (κ2) is 14.8. The van der Waals surface area contributed by atoms with Gasteiger partial charge in [-0.2, -0.15) is 5.10 Å². The maximum atomic E-state index is 12.5. The van der Waals surface area contributed by atoms with Crippen molar-refractivity contribution >= 4 is 45.9 Å². The minimum atomic E-state index is -0.182. The molecule has 1 aliphatic rings. The Bertz CT molecular complexity index is 1310. The molecule has 3 aromatic rings. The van der Waals surface area contributed by atoms with E-state index in [1.807, 2.05) is 17.9 Å². The van der Waals surface area contributed by atoms with Gasteiger partial charge >= 0.3 is 0 Å². The fourth-order valence-corrected chi connectivity index (χ4v) is 5.06. The largest absolute Gasteiger partial charge is 0.378 e. The summed E-state index contributed by atoms with van der Waals surface area (Å²) in [7, 11) is 0. The number of aromatic nitrogens is 3. The van der Waals surface area contributed by atoms with Gasteiger partial charge in [0.1, 0.15) is 6.54 Å². The molecule has 2 amide bonds. The number of hydrogen-bond donors (Lipinski definition) is 3. The fraction of sp³-hybridized carbons (Fsp3) is 0.519. The zero-order chi connectivity index (χ0) is 28.5. The quantitative estimate of drug-likeness (QED) is 0.230. The molecule has 1 aromatic carbocycles. The number of carbonyl (C=O) groups excluding carboxylic acids is 2. The Morgan fingerprint density at radius 1 is 1.12 bits per heavy atom. The van der Waals surface area contributed by atoms with Gasteiger partial charge in [0.15, 0.2) is 0 Å². The molecule has 4 rings (SSSR count). The summed E-state index contributed by atoms with van der Waals surface area (Å²) in [4.78, 5) is 30.1. The van der Waals surface area contributed by atoms with Crippen molar-refractivity contribution in [3.8, 4) is 11.3 Å². The Morgan fingerprint density at radius 3 is 2.58 bits per heavy atom. The van der Waals surface area contributed by atoms with E-state index in [4.69, 9.17) is 43.1 Å². The average molecular weight is 596 g/mol. The number of benzene rings is 1. The molecule has 1 aliphatic heterocycles. The highest BCUT2D eigenvalue weighted by molar-refractivity contribution is 6.45. The monoisotopic (exact) mass is 594 g/mol. The molecular formula is C27H36Cl2N6O5. The highest BCUT2D eigenvalue weighted by Gasteiger charge is 2.27. The first-order valence-electron chi connectivity index (χ1n) is 13.5. The normalized spacial score (nSPS) is 13.2. The molecule has 0 aliphatic carbocycles. The molecule has 0 spiro atoms. The van der Waals surface area contributed by atoms with E-state index in [2.05, 4.69) is 15.4 Å². The van der Waals surface area contributed by atoms with Gasteiger partial charge in [0.25, 0.3) is 0 Å². The molecule has 0 radical (unpaired) electrons. The number of aromatic amines is 1. The van der Waals surface area contributed by atoms with Crippen LogP contribution < -0.4 is 11.1 Å². The van der Waals surface area contributed by atoms with E-state index in [1.165, 1.54) is 0 Å². The zero-order valence-electron chi connectivity index (χ0n) is 22.6. The van der Waals surface area contributed by atoms with Crippen LogP contribution in [0.25, 0.3) is 22.2 Å². The molecule has 0 saturated heterocycles. The molecule has 11 nitrogen and oxygen atoms in total. The van der Waals surface area contributed by atoms with Crippen LogP contribution in [0.3, 0.4) is 0 Å². The van der Waals surface area contributed by atoms with E-state index in [1.54, 1.807) is 16.9 Å². The van der Waals surface area contributed by atoms with Gasteiger partial charge < -0.3 is 35.1 Å². The number of carbonyl (C=O) groups is 2. The minimum Gasteiger partial charge on any atom is -0.378 e. The number of nitrogens with zero attached hydrogens (tertiary/aromatic N) is 3. The lowest BCUT2D eigenvalue weighted by molar-refractivity contribution is -0.131. The van der Waals surface area contributed by atoms with E-state index in [-0.39, 0.29) is 18.4 Å². The van der Waals surface area contributed by atoms with Crippen molar-refractivity contribution in [2.75, 3.05) is 59.3 Å². The van der Waals surface area contributed by atoms with E-state index in [0.29, 0.717) is 94.4 Å². The summed E-state index contributed by atoms with van der Waals surface area (Å²) in [6.45, 7) is 6.72. The molecule has 218 valence electrons. The molecule has 4 N–H and O–H groups in total. The number of halogens is 2. The third kappa shape index (κ3) is 7.54. The lowest BCUT2D eigenvalue weighted by atomic mass is 9.99. The first-order valence-corrected chi connectivity index (χ1v) is 14.2. The number of ether oxygens (including phenoxy) is 3. The van der Waals surface area contributed by atoms with Crippen LogP contribution >= 0.6 is 23.2 Å². The zero-order valence-corrected chi connectivity index (χ0v) is 24.2. The van der Waals surface area contributed by atoms with Crippen LogP contribution in [-0.2, 0) is 43.3 Å². The van der Waals surface area contributed by atoms with Gasteiger partial charge in [-0.25, -0.2) is 0 Å². The maximum absolute atomic E-state index is 12.5. The van der Waals surface area contributed by atoms with Crippen LogP contribution in [0.4, 0.5) is 0 Å². The highest BCUT2D eigenvalue weighted by atomic mass is 35.5. The molecule has 0 atom stereocenters. The van der Waals surface area contributed by atoms with Crippen LogP contribution in [0.5, 0.6) is 0 Å². The number of amides is 2. The van der Waals surface area contributed by atoms with Gasteiger partial charge in [0, 0.05) is 67.4 Å². The van der Waals surface area contributed by atoms with Gasteiger partial charge in [0.2, 0.25) is 11.8 Å². The molecular weight excluding hydrogens is 559 g/mol. The van der Waals surface area contributed by atoms with Crippen molar-refractivity contribution < 1.29 is 23.8 Å². The Labute approximate surface area is 243 Å².